The highest BCUT2D eigenvalue weighted by atomic mass is 16.5. The summed E-state index contributed by atoms with van der Waals surface area (Å²) >= 11 is 0. The molecule has 0 unspecified atom stereocenters. The van der Waals surface area contributed by atoms with Crippen LogP contribution in [0.4, 0.5) is 5.82 Å². The van der Waals surface area contributed by atoms with Crippen molar-refractivity contribution in [1.82, 2.24) is 30.7 Å². The Morgan fingerprint density at radius 2 is 2.10 bits per heavy atom. The Labute approximate surface area is 170 Å². The van der Waals surface area contributed by atoms with Crippen molar-refractivity contribution in [2.45, 2.75) is 38.6 Å². The second-order valence-corrected chi connectivity index (χ2v) is 7.66. The van der Waals surface area contributed by atoms with Crippen molar-refractivity contribution in [3.63, 3.8) is 0 Å². The lowest BCUT2D eigenvalue weighted by Gasteiger charge is -2.26. The molecule has 152 valence electrons. The van der Waals surface area contributed by atoms with Gasteiger partial charge >= 0.3 is 0 Å². The molecule has 0 spiro atoms. The Kier molecular flexibility index (Phi) is 5.71. The van der Waals surface area contributed by atoms with Gasteiger partial charge in [0.15, 0.2) is 0 Å². The molecule has 1 saturated carbocycles. The SMILES string of the molecule is COc1cc(/C(=C\CNC2CCC(C)CC2)c2cc(N)nc3n[nH]nc23)ccn1. The van der Waals surface area contributed by atoms with Crippen LogP contribution in [0.2, 0.25) is 0 Å². The molecule has 1 aliphatic rings. The maximum absolute atomic E-state index is 6.04. The van der Waals surface area contributed by atoms with Gasteiger partial charge in [-0.25, -0.2) is 9.97 Å². The lowest BCUT2D eigenvalue weighted by Crippen LogP contribution is -2.32. The van der Waals surface area contributed by atoms with Gasteiger partial charge in [-0.15, -0.1) is 5.10 Å². The fourth-order valence-corrected chi connectivity index (χ4v) is 3.92. The van der Waals surface area contributed by atoms with E-state index in [0.29, 0.717) is 28.9 Å². The molecule has 0 bridgehead atoms. The van der Waals surface area contributed by atoms with Crippen molar-refractivity contribution >= 4 is 22.6 Å². The van der Waals surface area contributed by atoms with E-state index in [0.717, 1.165) is 29.2 Å². The third-order valence-electron chi connectivity index (χ3n) is 5.59. The van der Waals surface area contributed by atoms with Crippen molar-refractivity contribution in [2.24, 2.45) is 5.92 Å². The highest BCUT2D eigenvalue weighted by Gasteiger charge is 2.18. The van der Waals surface area contributed by atoms with E-state index in [4.69, 9.17) is 10.5 Å². The lowest BCUT2D eigenvalue weighted by molar-refractivity contribution is 0.314. The zero-order valence-corrected chi connectivity index (χ0v) is 16.9. The summed E-state index contributed by atoms with van der Waals surface area (Å²) in [5.74, 6) is 1.80. The molecule has 8 nitrogen and oxygen atoms in total. The quantitative estimate of drug-likeness (QED) is 0.590. The molecule has 0 atom stereocenters. The Morgan fingerprint density at radius 3 is 2.90 bits per heavy atom. The molecule has 4 N–H and O–H groups in total. The molecule has 0 aliphatic heterocycles. The Hall–Kier alpha value is -3.00. The maximum atomic E-state index is 6.04. The number of nitrogen functional groups attached to an aromatic ring is 1. The first-order valence-corrected chi connectivity index (χ1v) is 10.1. The smallest absolute Gasteiger partial charge is 0.213 e. The van der Waals surface area contributed by atoms with Crippen molar-refractivity contribution in [2.75, 3.05) is 19.4 Å². The topological polar surface area (TPSA) is 115 Å². The molecule has 29 heavy (non-hydrogen) atoms. The number of H-pyrrole nitrogens is 1. The third kappa shape index (κ3) is 4.37. The molecule has 0 amide bonds. The van der Waals surface area contributed by atoms with Crippen LogP contribution in [0.25, 0.3) is 16.7 Å². The number of aromatic nitrogens is 5. The minimum atomic E-state index is 0.405. The number of nitrogens with one attached hydrogen (secondary N) is 2. The van der Waals surface area contributed by atoms with Crippen LogP contribution in [0, 0.1) is 5.92 Å². The van der Waals surface area contributed by atoms with Gasteiger partial charge in [0.1, 0.15) is 11.3 Å². The summed E-state index contributed by atoms with van der Waals surface area (Å²) in [4.78, 5) is 8.49. The van der Waals surface area contributed by atoms with Crippen LogP contribution >= 0.6 is 0 Å². The third-order valence-corrected chi connectivity index (χ3v) is 5.59. The van der Waals surface area contributed by atoms with E-state index in [1.165, 1.54) is 25.7 Å². The fourth-order valence-electron chi connectivity index (χ4n) is 3.92. The minimum Gasteiger partial charge on any atom is -0.481 e. The van der Waals surface area contributed by atoms with Gasteiger partial charge in [0.2, 0.25) is 11.5 Å². The number of nitrogens with two attached hydrogens (primary N) is 1. The van der Waals surface area contributed by atoms with E-state index in [-0.39, 0.29) is 0 Å². The molecule has 4 rings (SSSR count). The number of methoxy groups -OCH3 is 1. The number of aromatic amines is 1. The number of hydrogen-bond acceptors (Lipinski definition) is 7. The number of anilines is 1. The van der Waals surface area contributed by atoms with Crippen LogP contribution in [0.15, 0.2) is 30.5 Å². The fraction of sp³-hybridized carbons (Fsp3) is 0.429. The zero-order chi connectivity index (χ0) is 20.2. The maximum Gasteiger partial charge on any atom is 0.213 e. The van der Waals surface area contributed by atoms with Gasteiger partial charge in [-0.2, -0.15) is 10.3 Å². The number of fused-ring (bicyclic) bond motifs is 1. The molecule has 0 saturated heterocycles. The normalized spacial score (nSPS) is 20.1. The summed E-state index contributed by atoms with van der Waals surface area (Å²) in [6.07, 6.45) is 8.94. The molecule has 1 fully saturated rings. The molecular formula is C21H27N7O. The van der Waals surface area contributed by atoms with Gasteiger partial charge in [0.25, 0.3) is 0 Å². The van der Waals surface area contributed by atoms with Crippen LogP contribution < -0.4 is 15.8 Å². The number of ether oxygens (including phenoxy) is 1. The molecule has 3 heterocycles. The standard InChI is InChI=1S/C21H27N7O/c1-13-3-5-15(6-4-13)23-10-8-16(14-7-9-24-19(11-14)29-2)17-12-18(22)25-21-20(17)26-28-27-21/h7-9,11-13,15,23H,3-6,10H2,1-2H3,(H3,22,25,26,27,28)/b16-8+. The average molecular weight is 393 g/mol. The summed E-state index contributed by atoms with van der Waals surface area (Å²) in [5.41, 5.74) is 10.1. The summed E-state index contributed by atoms with van der Waals surface area (Å²) in [5, 5.41) is 14.7. The van der Waals surface area contributed by atoms with Gasteiger partial charge < -0.3 is 15.8 Å². The highest BCUT2D eigenvalue weighted by molar-refractivity contribution is 5.93. The molecule has 3 aromatic heterocycles. The lowest BCUT2D eigenvalue weighted by atomic mass is 9.87. The second-order valence-electron chi connectivity index (χ2n) is 7.66. The molecular weight excluding hydrogens is 366 g/mol. The van der Waals surface area contributed by atoms with Crippen LogP contribution in [-0.4, -0.2) is 45.1 Å². The van der Waals surface area contributed by atoms with Crippen LogP contribution in [-0.2, 0) is 0 Å². The van der Waals surface area contributed by atoms with E-state index in [9.17, 15) is 0 Å². The van der Waals surface area contributed by atoms with E-state index >= 15 is 0 Å². The number of pyridine rings is 2. The number of hydrogen-bond donors (Lipinski definition) is 3. The number of nitrogens with zero attached hydrogens (tertiary/aromatic N) is 4. The first kappa shape index (κ1) is 19.3. The van der Waals surface area contributed by atoms with Crippen molar-refractivity contribution in [3.05, 3.63) is 41.6 Å². The largest absolute Gasteiger partial charge is 0.481 e. The molecule has 0 aromatic carbocycles. The van der Waals surface area contributed by atoms with Crippen LogP contribution in [0.1, 0.15) is 43.7 Å². The minimum absolute atomic E-state index is 0.405. The van der Waals surface area contributed by atoms with Crippen LogP contribution in [0.5, 0.6) is 5.88 Å². The van der Waals surface area contributed by atoms with Crippen molar-refractivity contribution in [1.29, 1.82) is 0 Å². The molecule has 3 aromatic rings. The first-order valence-electron chi connectivity index (χ1n) is 10.1. The Bertz CT molecular complexity index is 1010. The van der Waals surface area contributed by atoms with Gasteiger partial charge in [-0.1, -0.05) is 13.0 Å². The first-order chi connectivity index (χ1) is 14.1. The molecule has 8 heteroatoms. The van der Waals surface area contributed by atoms with E-state index in [2.05, 4.69) is 43.7 Å². The second kappa shape index (κ2) is 8.57. The molecule has 0 radical (unpaired) electrons. The monoisotopic (exact) mass is 393 g/mol. The number of rotatable bonds is 6. The Balaban J connectivity index is 1.68. The van der Waals surface area contributed by atoms with Gasteiger partial charge in [0, 0.05) is 30.4 Å². The zero-order valence-electron chi connectivity index (χ0n) is 16.9. The predicted octanol–water partition coefficient (Wildman–Crippen LogP) is 2.94. The van der Waals surface area contributed by atoms with Crippen molar-refractivity contribution < 1.29 is 4.74 Å². The van der Waals surface area contributed by atoms with E-state index in [1.807, 2.05) is 18.2 Å². The van der Waals surface area contributed by atoms with E-state index < -0.39 is 0 Å². The predicted molar refractivity (Wildman–Crippen MR) is 113 cm³/mol. The van der Waals surface area contributed by atoms with E-state index in [1.54, 1.807) is 13.3 Å². The highest BCUT2D eigenvalue weighted by Crippen LogP contribution is 2.30. The Morgan fingerprint density at radius 1 is 1.28 bits per heavy atom. The summed E-state index contributed by atoms with van der Waals surface area (Å²) in [7, 11) is 1.61. The summed E-state index contributed by atoms with van der Waals surface area (Å²) < 4.78 is 5.32. The van der Waals surface area contributed by atoms with Gasteiger partial charge in [-0.3, -0.25) is 0 Å². The van der Waals surface area contributed by atoms with Gasteiger partial charge in [0.05, 0.1) is 7.11 Å². The molecule has 1 aliphatic carbocycles. The van der Waals surface area contributed by atoms with Gasteiger partial charge in [-0.05, 0) is 54.9 Å². The average Bonchev–Trinajstić information content (AvgIpc) is 3.20. The van der Waals surface area contributed by atoms with Crippen molar-refractivity contribution in [3.8, 4) is 5.88 Å². The van der Waals surface area contributed by atoms with Crippen LogP contribution in [0.3, 0.4) is 0 Å². The summed E-state index contributed by atoms with van der Waals surface area (Å²) in [6.45, 7) is 3.09. The summed E-state index contributed by atoms with van der Waals surface area (Å²) in [6, 6.07) is 6.27.